The topological polar surface area (TPSA) is 12.5 Å². The van der Waals surface area contributed by atoms with Crippen LogP contribution < -0.4 is 4.90 Å². The van der Waals surface area contributed by atoms with Crippen molar-refractivity contribution in [3.8, 4) is 0 Å². The van der Waals surface area contributed by atoms with E-state index >= 15 is 0 Å². The number of benzene rings is 2. The number of morpholine rings is 1. The Kier molecular flexibility index (Phi) is 5.02. The van der Waals surface area contributed by atoms with Gasteiger partial charge in [0.15, 0.2) is 0 Å². The summed E-state index contributed by atoms with van der Waals surface area (Å²) in [7, 11) is 0. The van der Waals surface area contributed by atoms with Gasteiger partial charge in [0.05, 0.1) is 12.2 Å². The van der Waals surface area contributed by atoms with Crippen molar-refractivity contribution in [3.63, 3.8) is 0 Å². The second-order valence-electron chi connectivity index (χ2n) is 6.76. The van der Waals surface area contributed by atoms with E-state index in [1.807, 2.05) is 0 Å². The molecule has 0 bridgehead atoms. The first-order chi connectivity index (χ1) is 11.1. The highest BCUT2D eigenvalue weighted by molar-refractivity contribution is 5.51. The van der Waals surface area contributed by atoms with Gasteiger partial charge in [-0.3, -0.25) is 0 Å². The molecular weight excluding hydrogens is 282 g/mol. The fourth-order valence-corrected chi connectivity index (χ4v) is 3.47. The van der Waals surface area contributed by atoms with Gasteiger partial charge < -0.3 is 9.64 Å². The molecule has 1 saturated heterocycles. The largest absolute Gasteiger partial charge is 0.372 e. The number of hydrogen-bond acceptors (Lipinski definition) is 2. The molecule has 0 aromatic heterocycles. The summed E-state index contributed by atoms with van der Waals surface area (Å²) in [5.41, 5.74) is 5.58. The SMILES string of the molecule is Cc1cc(N2C[C@@H](C)O[C@@H](C)C2)ccc1CCc1ccccc1. The monoisotopic (exact) mass is 309 g/mol. The molecule has 1 heterocycles. The van der Waals surface area contributed by atoms with E-state index < -0.39 is 0 Å². The lowest BCUT2D eigenvalue weighted by atomic mass is 9.99. The molecule has 0 N–H and O–H groups in total. The molecule has 0 saturated carbocycles. The van der Waals surface area contributed by atoms with Crippen molar-refractivity contribution in [2.75, 3.05) is 18.0 Å². The second kappa shape index (κ2) is 7.18. The van der Waals surface area contributed by atoms with E-state index in [-0.39, 0.29) is 0 Å². The van der Waals surface area contributed by atoms with Crippen molar-refractivity contribution in [2.45, 2.75) is 45.8 Å². The zero-order valence-corrected chi connectivity index (χ0v) is 14.5. The van der Waals surface area contributed by atoms with Crippen LogP contribution in [0.4, 0.5) is 5.69 Å². The Balaban J connectivity index is 1.68. The van der Waals surface area contributed by atoms with Gasteiger partial charge >= 0.3 is 0 Å². The molecule has 2 atom stereocenters. The first-order valence-corrected chi connectivity index (χ1v) is 8.65. The third kappa shape index (κ3) is 4.14. The van der Waals surface area contributed by atoms with Gasteiger partial charge in [-0.25, -0.2) is 0 Å². The zero-order valence-electron chi connectivity index (χ0n) is 14.5. The normalized spacial score (nSPS) is 21.4. The Bertz CT molecular complexity index is 628. The van der Waals surface area contributed by atoms with Gasteiger partial charge in [-0.2, -0.15) is 0 Å². The third-order valence-corrected chi connectivity index (χ3v) is 4.64. The Morgan fingerprint density at radius 1 is 0.957 bits per heavy atom. The number of nitrogens with zero attached hydrogens (tertiary/aromatic N) is 1. The van der Waals surface area contributed by atoms with Crippen molar-refractivity contribution in [1.82, 2.24) is 0 Å². The van der Waals surface area contributed by atoms with E-state index in [0.29, 0.717) is 12.2 Å². The highest BCUT2D eigenvalue weighted by atomic mass is 16.5. The van der Waals surface area contributed by atoms with Crippen LogP contribution in [0.2, 0.25) is 0 Å². The standard InChI is InChI=1S/C21H27NO/c1-16-13-21(22-14-17(2)23-18(3)15-22)12-11-20(16)10-9-19-7-5-4-6-8-19/h4-8,11-13,17-18H,9-10,14-15H2,1-3H3/t17-,18+. The molecule has 23 heavy (non-hydrogen) atoms. The Hall–Kier alpha value is -1.80. The molecular formula is C21H27NO. The zero-order chi connectivity index (χ0) is 16.2. The second-order valence-corrected chi connectivity index (χ2v) is 6.76. The summed E-state index contributed by atoms with van der Waals surface area (Å²) in [5, 5.41) is 0. The maximum atomic E-state index is 5.84. The molecule has 0 amide bonds. The van der Waals surface area contributed by atoms with E-state index in [4.69, 9.17) is 4.74 Å². The molecule has 2 aromatic carbocycles. The summed E-state index contributed by atoms with van der Waals surface area (Å²) in [6, 6.07) is 17.6. The summed E-state index contributed by atoms with van der Waals surface area (Å²) in [5.74, 6) is 0. The first kappa shape index (κ1) is 16.1. The van der Waals surface area contributed by atoms with E-state index in [1.54, 1.807) is 0 Å². The fourth-order valence-electron chi connectivity index (χ4n) is 3.47. The number of rotatable bonds is 4. The van der Waals surface area contributed by atoms with Crippen LogP contribution in [-0.4, -0.2) is 25.3 Å². The van der Waals surface area contributed by atoms with Crippen molar-refractivity contribution < 1.29 is 4.74 Å². The van der Waals surface area contributed by atoms with Crippen molar-refractivity contribution in [1.29, 1.82) is 0 Å². The lowest BCUT2D eigenvalue weighted by Crippen LogP contribution is -2.45. The van der Waals surface area contributed by atoms with Gasteiger partial charge in [0, 0.05) is 18.8 Å². The Morgan fingerprint density at radius 2 is 1.65 bits per heavy atom. The van der Waals surface area contributed by atoms with Gasteiger partial charge in [0.25, 0.3) is 0 Å². The predicted octanol–water partition coefficient (Wildman–Crippen LogP) is 4.39. The maximum absolute atomic E-state index is 5.84. The molecule has 2 aromatic rings. The minimum absolute atomic E-state index is 0.303. The number of anilines is 1. The Morgan fingerprint density at radius 3 is 2.30 bits per heavy atom. The molecule has 0 spiro atoms. The van der Waals surface area contributed by atoms with Crippen LogP contribution in [0.3, 0.4) is 0 Å². The van der Waals surface area contributed by atoms with E-state index in [9.17, 15) is 0 Å². The van der Waals surface area contributed by atoms with Crippen LogP contribution in [0.5, 0.6) is 0 Å². The van der Waals surface area contributed by atoms with Crippen LogP contribution in [0, 0.1) is 6.92 Å². The van der Waals surface area contributed by atoms with Crippen LogP contribution in [-0.2, 0) is 17.6 Å². The molecule has 122 valence electrons. The van der Waals surface area contributed by atoms with E-state index in [2.05, 4.69) is 74.2 Å². The molecule has 0 unspecified atom stereocenters. The minimum atomic E-state index is 0.303. The molecule has 1 aliphatic heterocycles. The van der Waals surface area contributed by atoms with Crippen molar-refractivity contribution in [2.24, 2.45) is 0 Å². The van der Waals surface area contributed by atoms with Crippen molar-refractivity contribution in [3.05, 3.63) is 65.2 Å². The number of aryl methyl sites for hydroxylation is 3. The lowest BCUT2D eigenvalue weighted by molar-refractivity contribution is -0.00522. The molecule has 1 fully saturated rings. The molecule has 0 radical (unpaired) electrons. The summed E-state index contributed by atoms with van der Waals surface area (Å²) in [4.78, 5) is 2.45. The molecule has 0 aliphatic carbocycles. The maximum Gasteiger partial charge on any atom is 0.0726 e. The Labute approximate surface area is 140 Å². The van der Waals surface area contributed by atoms with Gasteiger partial charge in [0.2, 0.25) is 0 Å². The summed E-state index contributed by atoms with van der Waals surface area (Å²) < 4.78 is 5.84. The number of hydrogen-bond donors (Lipinski definition) is 0. The van der Waals surface area contributed by atoms with Gasteiger partial charge in [-0.1, -0.05) is 36.4 Å². The third-order valence-electron chi connectivity index (χ3n) is 4.64. The fraction of sp³-hybridized carbons (Fsp3) is 0.429. The predicted molar refractivity (Wildman–Crippen MR) is 97.3 cm³/mol. The van der Waals surface area contributed by atoms with Gasteiger partial charge in [0.1, 0.15) is 0 Å². The van der Waals surface area contributed by atoms with E-state index in [0.717, 1.165) is 25.9 Å². The molecule has 2 nitrogen and oxygen atoms in total. The molecule has 2 heteroatoms. The van der Waals surface area contributed by atoms with Crippen LogP contribution in [0.1, 0.15) is 30.5 Å². The smallest absolute Gasteiger partial charge is 0.0726 e. The first-order valence-electron chi connectivity index (χ1n) is 8.65. The molecule has 1 aliphatic rings. The average Bonchev–Trinajstić information content (AvgIpc) is 2.54. The van der Waals surface area contributed by atoms with Gasteiger partial charge in [-0.15, -0.1) is 0 Å². The molecule has 3 rings (SSSR count). The summed E-state index contributed by atoms with van der Waals surface area (Å²) in [6.45, 7) is 8.50. The summed E-state index contributed by atoms with van der Waals surface area (Å²) in [6.07, 6.45) is 2.81. The van der Waals surface area contributed by atoms with Crippen LogP contribution in [0.25, 0.3) is 0 Å². The van der Waals surface area contributed by atoms with Crippen LogP contribution in [0.15, 0.2) is 48.5 Å². The summed E-state index contributed by atoms with van der Waals surface area (Å²) >= 11 is 0. The van der Waals surface area contributed by atoms with Crippen LogP contribution >= 0.6 is 0 Å². The minimum Gasteiger partial charge on any atom is -0.372 e. The van der Waals surface area contributed by atoms with Gasteiger partial charge in [-0.05, 0) is 62.4 Å². The lowest BCUT2D eigenvalue weighted by Gasteiger charge is -2.37. The number of ether oxygens (including phenoxy) is 1. The highest BCUT2D eigenvalue weighted by Gasteiger charge is 2.22. The highest BCUT2D eigenvalue weighted by Crippen LogP contribution is 2.24. The average molecular weight is 309 g/mol. The van der Waals surface area contributed by atoms with Crippen molar-refractivity contribution >= 4 is 5.69 Å². The quantitative estimate of drug-likeness (QED) is 0.830. The van der Waals surface area contributed by atoms with E-state index in [1.165, 1.54) is 22.4 Å².